The first-order chi connectivity index (χ1) is 17.4. The van der Waals surface area contributed by atoms with Crippen LogP contribution >= 0.6 is 0 Å². The van der Waals surface area contributed by atoms with Crippen molar-refractivity contribution in [2.75, 3.05) is 26.2 Å². The zero-order valence-electron chi connectivity index (χ0n) is 21.3. The Morgan fingerprint density at radius 1 is 0.919 bits per heavy atom. The Morgan fingerprint density at radius 2 is 1.43 bits per heavy atom. The van der Waals surface area contributed by atoms with Crippen LogP contribution in [0, 0.1) is 0 Å². The van der Waals surface area contributed by atoms with Crippen LogP contribution in [0.15, 0.2) is 48.5 Å². The van der Waals surface area contributed by atoms with E-state index < -0.39 is 36.4 Å². The van der Waals surface area contributed by atoms with Gasteiger partial charge in [-0.15, -0.1) is 0 Å². The molecule has 204 valence electrons. The number of carboxylic acid groups (broad SMARTS) is 3. The smallest absolute Gasteiger partial charge is 0.119 e. The molecule has 0 saturated carbocycles. The van der Waals surface area contributed by atoms with E-state index in [0.29, 0.717) is 11.7 Å². The SMILES string of the molecule is CCN(CC)CCOc1ccc(CC(C)c2ccc(O)cc2)cc1.O=C([O-])CC(O)(CC(=O)[O-])C(=O)[O-]. The topological polar surface area (TPSA) is 173 Å². The van der Waals surface area contributed by atoms with Crippen LogP contribution in [0.5, 0.6) is 11.5 Å². The summed E-state index contributed by atoms with van der Waals surface area (Å²) >= 11 is 0. The lowest BCUT2D eigenvalue weighted by Gasteiger charge is -2.29. The van der Waals surface area contributed by atoms with Crippen LogP contribution in [-0.2, 0) is 20.8 Å². The van der Waals surface area contributed by atoms with Crippen LogP contribution in [-0.4, -0.2) is 64.9 Å². The van der Waals surface area contributed by atoms with Gasteiger partial charge in [0.25, 0.3) is 0 Å². The molecule has 2 aromatic carbocycles. The molecule has 2 N–H and O–H groups in total. The Morgan fingerprint density at radius 3 is 1.86 bits per heavy atom. The summed E-state index contributed by atoms with van der Waals surface area (Å²) in [5.41, 5.74) is -0.434. The molecule has 0 spiro atoms. The molecule has 0 aliphatic rings. The molecule has 37 heavy (non-hydrogen) atoms. The molecule has 2 aromatic rings. The van der Waals surface area contributed by atoms with Crippen molar-refractivity contribution >= 4 is 17.9 Å². The fourth-order valence-corrected chi connectivity index (χ4v) is 3.51. The zero-order valence-corrected chi connectivity index (χ0v) is 21.3. The Labute approximate surface area is 216 Å². The molecule has 0 aliphatic heterocycles. The lowest BCUT2D eigenvalue weighted by atomic mass is 9.94. The standard InChI is InChI=1S/C21H29NO2.C6H8O7/c1-4-22(5-2)14-15-24-21-12-6-18(7-13-21)16-17(3)19-8-10-20(23)11-9-19;7-3(8)1-6(13,5(11)12)2-4(9)10/h6-13,17,23H,4-5,14-16H2,1-3H3;13H,1-2H2,(H,7,8)(H,9,10)(H,11,12)/p-3. The number of aromatic hydroxyl groups is 1. The third-order valence-corrected chi connectivity index (χ3v) is 5.75. The normalized spacial score (nSPS) is 11.8. The fraction of sp³-hybridized carbons (Fsp3) is 0.444. The van der Waals surface area contributed by atoms with E-state index in [4.69, 9.17) is 9.84 Å². The predicted octanol–water partition coefficient (Wildman–Crippen LogP) is -0.794. The van der Waals surface area contributed by atoms with Crippen molar-refractivity contribution in [2.24, 2.45) is 0 Å². The van der Waals surface area contributed by atoms with Gasteiger partial charge in [0, 0.05) is 31.3 Å². The first-order valence-electron chi connectivity index (χ1n) is 12.0. The second kappa shape index (κ2) is 15.5. The number of benzene rings is 2. The van der Waals surface area contributed by atoms with E-state index in [0.717, 1.165) is 38.4 Å². The molecule has 10 nitrogen and oxygen atoms in total. The summed E-state index contributed by atoms with van der Waals surface area (Å²) in [6, 6.07) is 15.9. The van der Waals surface area contributed by atoms with Gasteiger partial charge in [0.2, 0.25) is 0 Å². The molecule has 0 aliphatic carbocycles. The number of carbonyl (C=O) groups is 3. The summed E-state index contributed by atoms with van der Waals surface area (Å²) in [6.07, 6.45) is -1.74. The zero-order chi connectivity index (χ0) is 28.0. The number of rotatable bonds is 14. The van der Waals surface area contributed by atoms with Crippen molar-refractivity contribution in [3.8, 4) is 11.5 Å². The number of aliphatic carboxylic acids is 3. The average molecular weight is 517 g/mol. The molecule has 0 saturated heterocycles. The van der Waals surface area contributed by atoms with E-state index in [-0.39, 0.29) is 0 Å². The van der Waals surface area contributed by atoms with E-state index in [9.17, 15) is 34.8 Å². The van der Waals surface area contributed by atoms with E-state index in [1.54, 1.807) is 12.1 Å². The second-order valence-electron chi connectivity index (χ2n) is 8.63. The molecule has 0 fully saturated rings. The van der Waals surface area contributed by atoms with Gasteiger partial charge in [0.15, 0.2) is 0 Å². The predicted molar refractivity (Wildman–Crippen MR) is 129 cm³/mol. The van der Waals surface area contributed by atoms with Gasteiger partial charge in [-0.2, -0.15) is 0 Å². The van der Waals surface area contributed by atoms with Crippen LogP contribution in [0.25, 0.3) is 0 Å². The highest BCUT2D eigenvalue weighted by molar-refractivity contribution is 5.86. The van der Waals surface area contributed by atoms with Gasteiger partial charge in [-0.05, 0) is 60.8 Å². The average Bonchev–Trinajstić information content (AvgIpc) is 2.82. The number of nitrogens with zero attached hydrogens (tertiary/aromatic N) is 1. The number of aliphatic hydroxyl groups is 1. The first-order valence-corrected chi connectivity index (χ1v) is 12.0. The van der Waals surface area contributed by atoms with Crippen LogP contribution in [0.4, 0.5) is 0 Å². The highest BCUT2D eigenvalue weighted by atomic mass is 16.5. The Bertz CT molecular complexity index is 970. The maximum Gasteiger partial charge on any atom is 0.119 e. The van der Waals surface area contributed by atoms with Crippen molar-refractivity contribution in [1.29, 1.82) is 0 Å². The molecule has 0 bridgehead atoms. The highest BCUT2D eigenvalue weighted by Crippen LogP contribution is 2.23. The second-order valence-corrected chi connectivity index (χ2v) is 8.63. The summed E-state index contributed by atoms with van der Waals surface area (Å²) in [7, 11) is 0. The number of hydrogen-bond donors (Lipinski definition) is 2. The van der Waals surface area contributed by atoms with Crippen molar-refractivity contribution in [2.45, 2.75) is 51.6 Å². The molecule has 1 unspecified atom stereocenters. The van der Waals surface area contributed by atoms with Crippen molar-refractivity contribution in [3.05, 3.63) is 59.7 Å². The van der Waals surface area contributed by atoms with Gasteiger partial charge in [-0.25, -0.2) is 0 Å². The molecule has 0 aromatic heterocycles. The quantitative estimate of drug-likeness (QED) is 0.324. The monoisotopic (exact) mass is 516 g/mol. The van der Waals surface area contributed by atoms with Crippen molar-refractivity contribution in [3.63, 3.8) is 0 Å². The van der Waals surface area contributed by atoms with E-state index in [1.807, 2.05) is 12.1 Å². The van der Waals surface area contributed by atoms with Crippen LogP contribution in [0.2, 0.25) is 0 Å². The number of phenolic OH excluding ortho intramolecular Hbond substituents is 1. The largest absolute Gasteiger partial charge is 0.550 e. The molecular weight excluding hydrogens is 482 g/mol. The molecule has 0 amide bonds. The van der Waals surface area contributed by atoms with Crippen molar-refractivity contribution < 1.29 is 44.7 Å². The van der Waals surface area contributed by atoms with Gasteiger partial charge >= 0.3 is 0 Å². The molecular formula is C27H34NO9-3. The lowest BCUT2D eigenvalue weighted by molar-refractivity contribution is -0.339. The first kappa shape index (κ1) is 31.4. The van der Waals surface area contributed by atoms with Gasteiger partial charge in [0.1, 0.15) is 23.7 Å². The highest BCUT2D eigenvalue weighted by Gasteiger charge is 2.29. The Kier molecular flexibility index (Phi) is 13.1. The number of hydrogen-bond acceptors (Lipinski definition) is 10. The van der Waals surface area contributed by atoms with Crippen LogP contribution < -0.4 is 20.1 Å². The summed E-state index contributed by atoms with van der Waals surface area (Å²) < 4.78 is 5.83. The summed E-state index contributed by atoms with van der Waals surface area (Å²) in [5, 5.41) is 48.3. The Balaban J connectivity index is 0.000000448. The minimum Gasteiger partial charge on any atom is -0.550 e. The number of ether oxygens (including phenoxy) is 1. The summed E-state index contributed by atoms with van der Waals surface area (Å²) in [4.78, 5) is 32.4. The summed E-state index contributed by atoms with van der Waals surface area (Å²) in [5.74, 6) is -4.32. The third-order valence-electron chi connectivity index (χ3n) is 5.75. The maximum absolute atomic E-state index is 10.1. The number of likely N-dealkylation sites (N-methyl/N-ethyl adjacent to an activating group) is 1. The third kappa shape index (κ3) is 11.8. The van der Waals surface area contributed by atoms with Crippen LogP contribution in [0.3, 0.4) is 0 Å². The molecule has 0 heterocycles. The fourth-order valence-electron chi connectivity index (χ4n) is 3.51. The van der Waals surface area contributed by atoms with Gasteiger partial charge in [-0.3, -0.25) is 0 Å². The van der Waals surface area contributed by atoms with Gasteiger partial charge in [-0.1, -0.05) is 45.0 Å². The summed E-state index contributed by atoms with van der Waals surface area (Å²) in [6.45, 7) is 10.4. The molecule has 2 rings (SSSR count). The number of phenols is 1. The van der Waals surface area contributed by atoms with Crippen molar-refractivity contribution in [1.82, 2.24) is 4.90 Å². The van der Waals surface area contributed by atoms with E-state index in [1.165, 1.54) is 11.1 Å². The van der Waals surface area contributed by atoms with E-state index >= 15 is 0 Å². The minimum absolute atomic E-state index is 0.317. The number of carbonyl (C=O) groups excluding carboxylic acids is 3. The van der Waals surface area contributed by atoms with Gasteiger partial charge in [0.05, 0.1) is 5.97 Å². The lowest BCUT2D eigenvalue weighted by Crippen LogP contribution is -2.54. The number of carboxylic acids is 3. The van der Waals surface area contributed by atoms with E-state index in [2.05, 4.69) is 49.9 Å². The maximum atomic E-state index is 10.1. The Hall–Kier alpha value is -3.63. The molecule has 1 atom stereocenters. The minimum atomic E-state index is -2.97. The van der Waals surface area contributed by atoms with Gasteiger partial charge < -0.3 is 49.6 Å². The molecule has 10 heteroatoms. The molecule has 0 radical (unpaired) electrons. The van der Waals surface area contributed by atoms with Crippen LogP contribution in [0.1, 0.15) is 50.7 Å².